The Morgan fingerprint density at radius 2 is 1.86 bits per heavy atom. The summed E-state index contributed by atoms with van der Waals surface area (Å²) in [6.45, 7) is 6.93. The van der Waals surface area contributed by atoms with E-state index in [1.807, 2.05) is 13.0 Å². The summed E-state index contributed by atoms with van der Waals surface area (Å²) in [6, 6.07) is 5.33. The van der Waals surface area contributed by atoms with Crippen LogP contribution in [-0.2, 0) is 0 Å². The van der Waals surface area contributed by atoms with Crippen LogP contribution in [-0.4, -0.2) is 16.7 Å². The number of ketones is 1. The molecule has 0 bridgehead atoms. The van der Waals surface area contributed by atoms with E-state index in [1.165, 1.54) is 6.92 Å². The zero-order chi connectivity index (χ0) is 15.7. The van der Waals surface area contributed by atoms with E-state index in [9.17, 15) is 9.59 Å². The lowest BCUT2D eigenvalue weighted by Crippen LogP contribution is -2.14. The van der Waals surface area contributed by atoms with Crippen LogP contribution in [0.15, 0.2) is 18.2 Å². The number of hydrogen-bond acceptors (Lipinski definition) is 2. The Morgan fingerprint density at radius 1 is 1.19 bits per heavy atom. The van der Waals surface area contributed by atoms with Crippen molar-refractivity contribution in [1.29, 1.82) is 0 Å². The van der Waals surface area contributed by atoms with Crippen LogP contribution in [0.3, 0.4) is 0 Å². The van der Waals surface area contributed by atoms with Crippen molar-refractivity contribution in [3.05, 3.63) is 51.3 Å². The minimum atomic E-state index is -0.289. The molecule has 1 aromatic carbocycles. The molecule has 1 amide bonds. The molecule has 21 heavy (non-hydrogen) atoms. The number of carbonyl (C=O) groups excluding carboxylic acids is 2. The summed E-state index contributed by atoms with van der Waals surface area (Å²) in [5.41, 5.74) is 3.89. The van der Waals surface area contributed by atoms with Crippen LogP contribution < -0.4 is 5.32 Å². The Balaban J connectivity index is 2.31. The molecule has 2 aromatic rings. The molecule has 110 valence electrons. The van der Waals surface area contributed by atoms with Gasteiger partial charge in [0.05, 0.1) is 0 Å². The number of Topliss-reactive ketones (excluding diaryl/α,β-unsaturated/α-hetero) is 1. The number of hydrogen-bond donors (Lipinski definition) is 2. The molecule has 0 aliphatic heterocycles. The van der Waals surface area contributed by atoms with Crippen molar-refractivity contribution in [1.82, 2.24) is 4.98 Å². The predicted octanol–water partition coefficient (Wildman–Crippen LogP) is 4.05. The molecular formula is C16H17ClN2O2. The van der Waals surface area contributed by atoms with E-state index in [0.717, 1.165) is 5.56 Å². The third-order valence-corrected chi connectivity index (χ3v) is 3.85. The molecule has 0 aliphatic rings. The molecule has 0 radical (unpaired) electrons. The van der Waals surface area contributed by atoms with Crippen LogP contribution in [0.2, 0.25) is 5.02 Å². The van der Waals surface area contributed by atoms with Crippen molar-refractivity contribution >= 4 is 29.0 Å². The van der Waals surface area contributed by atoms with Gasteiger partial charge in [0, 0.05) is 22.0 Å². The molecule has 0 fully saturated rings. The molecule has 0 unspecified atom stereocenters. The topological polar surface area (TPSA) is 62.0 Å². The monoisotopic (exact) mass is 304 g/mol. The smallest absolute Gasteiger partial charge is 0.272 e. The van der Waals surface area contributed by atoms with Crippen LogP contribution in [0.1, 0.15) is 44.6 Å². The number of benzene rings is 1. The molecule has 0 saturated heterocycles. The molecule has 0 saturated carbocycles. The minimum absolute atomic E-state index is 0.0568. The van der Waals surface area contributed by atoms with E-state index < -0.39 is 0 Å². The van der Waals surface area contributed by atoms with Gasteiger partial charge in [-0.25, -0.2) is 0 Å². The normalized spacial score (nSPS) is 10.5. The second-order valence-electron chi connectivity index (χ2n) is 5.10. The highest BCUT2D eigenvalue weighted by atomic mass is 35.5. The fourth-order valence-electron chi connectivity index (χ4n) is 2.37. The maximum atomic E-state index is 12.3. The lowest BCUT2D eigenvalue weighted by atomic mass is 10.1. The van der Waals surface area contributed by atoms with Crippen molar-refractivity contribution in [3.8, 4) is 0 Å². The summed E-state index contributed by atoms with van der Waals surface area (Å²) in [5, 5.41) is 3.37. The molecule has 5 heteroatoms. The summed E-state index contributed by atoms with van der Waals surface area (Å²) in [4.78, 5) is 26.9. The van der Waals surface area contributed by atoms with Crippen LogP contribution in [0.25, 0.3) is 0 Å². The second kappa shape index (κ2) is 5.74. The average molecular weight is 305 g/mol. The van der Waals surface area contributed by atoms with Gasteiger partial charge in [0.15, 0.2) is 5.78 Å². The second-order valence-corrected chi connectivity index (χ2v) is 5.51. The quantitative estimate of drug-likeness (QED) is 0.840. The lowest BCUT2D eigenvalue weighted by molar-refractivity contribution is 0.101. The minimum Gasteiger partial charge on any atom is -0.354 e. The molecule has 0 aliphatic carbocycles. The van der Waals surface area contributed by atoms with Crippen molar-refractivity contribution in [2.75, 3.05) is 5.32 Å². The number of aryl methyl sites for hydroxylation is 2. The third kappa shape index (κ3) is 3.00. The Labute approximate surface area is 128 Å². The maximum absolute atomic E-state index is 12.3. The largest absolute Gasteiger partial charge is 0.354 e. The van der Waals surface area contributed by atoms with E-state index in [4.69, 9.17) is 11.6 Å². The molecule has 2 N–H and O–H groups in total. The molecule has 4 nitrogen and oxygen atoms in total. The summed E-state index contributed by atoms with van der Waals surface area (Å²) < 4.78 is 0. The van der Waals surface area contributed by atoms with Gasteiger partial charge in [0.2, 0.25) is 0 Å². The number of aromatic amines is 1. The fraction of sp³-hybridized carbons (Fsp3) is 0.250. The Bertz CT molecular complexity index is 732. The third-order valence-electron chi connectivity index (χ3n) is 3.45. The SMILES string of the molecule is CC(=O)c1c(C)[nH]c(C(=O)Nc2ccc(C)c(Cl)c2)c1C. The molecular weight excluding hydrogens is 288 g/mol. The first kappa shape index (κ1) is 15.3. The highest BCUT2D eigenvalue weighted by Gasteiger charge is 2.19. The Morgan fingerprint density at radius 3 is 2.38 bits per heavy atom. The molecule has 0 atom stereocenters. The lowest BCUT2D eigenvalue weighted by Gasteiger charge is -2.06. The van der Waals surface area contributed by atoms with Gasteiger partial charge >= 0.3 is 0 Å². The van der Waals surface area contributed by atoms with Crippen molar-refractivity contribution in [2.24, 2.45) is 0 Å². The first-order chi connectivity index (χ1) is 9.81. The van der Waals surface area contributed by atoms with E-state index in [-0.39, 0.29) is 11.7 Å². The summed E-state index contributed by atoms with van der Waals surface area (Å²) >= 11 is 6.04. The van der Waals surface area contributed by atoms with Gasteiger partial charge in [-0.05, 0) is 51.0 Å². The first-order valence-electron chi connectivity index (χ1n) is 6.59. The zero-order valence-corrected chi connectivity index (χ0v) is 13.2. The summed E-state index contributed by atoms with van der Waals surface area (Å²) in [6.07, 6.45) is 0. The van der Waals surface area contributed by atoms with Gasteiger partial charge in [0.1, 0.15) is 5.69 Å². The van der Waals surface area contributed by atoms with Crippen LogP contribution in [0.4, 0.5) is 5.69 Å². The number of anilines is 1. The van der Waals surface area contributed by atoms with E-state index in [0.29, 0.717) is 33.2 Å². The molecule has 2 rings (SSSR count). The van der Waals surface area contributed by atoms with Gasteiger partial charge in [-0.2, -0.15) is 0 Å². The summed E-state index contributed by atoms with van der Waals surface area (Å²) in [7, 11) is 0. The highest BCUT2D eigenvalue weighted by Crippen LogP contribution is 2.22. The van der Waals surface area contributed by atoms with Crippen molar-refractivity contribution in [3.63, 3.8) is 0 Å². The zero-order valence-electron chi connectivity index (χ0n) is 12.4. The van der Waals surface area contributed by atoms with Crippen LogP contribution >= 0.6 is 11.6 Å². The van der Waals surface area contributed by atoms with Gasteiger partial charge < -0.3 is 10.3 Å². The van der Waals surface area contributed by atoms with E-state index in [1.54, 1.807) is 26.0 Å². The first-order valence-corrected chi connectivity index (χ1v) is 6.96. The fourth-order valence-corrected chi connectivity index (χ4v) is 2.55. The van der Waals surface area contributed by atoms with Crippen molar-refractivity contribution in [2.45, 2.75) is 27.7 Å². The number of amides is 1. The average Bonchev–Trinajstić information content (AvgIpc) is 2.69. The van der Waals surface area contributed by atoms with E-state index in [2.05, 4.69) is 10.3 Å². The standard InChI is InChI=1S/C16H17ClN2O2/c1-8-5-6-12(7-13(8)17)19-16(21)15-9(2)14(11(4)20)10(3)18-15/h5-7,18H,1-4H3,(H,19,21). The maximum Gasteiger partial charge on any atom is 0.272 e. The number of halogens is 1. The number of rotatable bonds is 3. The Hall–Kier alpha value is -2.07. The number of aromatic nitrogens is 1. The highest BCUT2D eigenvalue weighted by molar-refractivity contribution is 6.31. The van der Waals surface area contributed by atoms with Gasteiger partial charge in [-0.3, -0.25) is 9.59 Å². The van der Waals surface area contributed by atoms with Crippen LogP contribution in [0, 0.1) is 20.8 Å². The molecule has 1 aromatic heterocycles. The molecule has 1 heterocycles. The number of nitrogens with one attached hydrogen (secondary N) is 2. The van der Waals surface area contributed by atoms with Gasteiger partial charge in [-0.15, -0.1) is 0 Å². The van der Waals surface area contributed by atoms with Crippen molar-refractivity contribution < 1.29 is 9.59 Å². The predicted molar refractivity (Wildman–Crippen MR) is 84.4 cm³/mol. The summed E-state index contributed by atoms with van der Waals surface area (Å²) in [5.74, 6) is -0.346. The van der Waals surface area contributed by atoms with Gasteiger partial charge in [0.25, 0.3) is 5.91 Å². The Kier molecular flexibility index (Phi) is 4.19. The number of carbonyl (C=O) groups is 2. The molecule has 0 spiro atoms. The van der Waals surface area contributed by atoms with Crippen LogP contribution in [0.5, 0.6) is 0 Å². The van der Waals surface area contributed by atoms with E-state index >= 15 is 0 Å². The van der Waals surface area contributed by atoms with Gasteiger partial charge in [-0.1, -0.05) is 17.7 Å². The number of H-pyrrole nitrogens is 1.